The van der Waals surface area contributed by atoms with Gasteiger partial charge in [-0.3, -0.25) is 0 Å². The van der Waals surface area contributed by atoms with Gasteiger partial charge in [-0.25, -0.2) is 0 Å². The standard InChI is InChI=1S/C27H32GeO2/c1-5-23(6-2)28(24-11-7-21(3)8-12-24,25-13-17-27(30-4)18-14-25)20-19-22-9-15-26(29)16-10-22/h5,7-18,29H,6,19-20H2,1-4H3/b23-5+. The monoisotopic (exact) mass is 462 g/mol. The third kappa shape index (κ3) is 4.65. The fourth-order valence-corrected chi connectivity index (χ4v) is 15.4. The molecule has 30 heavy (non-hydrogen) atoms. The predicted octanol–water partition coefficient (Wildman–Crippen LogP) is 5.41. The zero-order valence-electron chi connectivity index (χ0n) is 18.5. The van der Waals surface area contributed by atoms with Crippen LogP contribution in [0.5, 0.6) is 11.5 Å². The molecule has 3 heteroatoms. The third-order valence-electron chi connectivity index (χ3n) is 6.13. The van der Waals surface area contributed by atoms with Gasteiger partial charge in [-0.2, -0.15) is 0 Å². The van der Waals surface area contributed by atoms with Gasteiger partial charge in [0.05, 0.1) is 0 Å². The van der Waals surface area contributed by atoms with Crippen LogP contribution in [0.15, 0.2) is 83.3 Å². The molecule has 3 aromatic carbocycles. The molecule has 156 valence electrons. The number of hydrogen-bond acceptors (Lipinski definition) is 2. The number of phenolic OH excluding ortho intramolecular Hbond substituents is 1. The molecule has 1 atom stereocenters. The van der Waals surface area contributed by atoms with E-state index in [-0.39, 0.29) is 0 Å². The van der Waals surface area contributed by atoms with Gasteiger partial charge in [0, 0.05) is 0 Å². The molecular formula is C27H32GeO2. The van der Waals surface area contributed by atoms with Crippen molar-refractivity contribution in [3.63, 3.8) is 0 Å². The summed E-state index contributed by atoms with van der Waals surface area (Å²) >= 11 is -2.88. The molecule has 0 radical (unpaired) electrons. The van der Waals surface area contributed by atoms with Crippen LogP contribution in [0.25, 0.3) is 0 Å². The Morgan fingerprint density at radius 2 is 1.47 bits per heavy atom. The van der Waals surface area contributed by atoms with Crippen molar-refractivity contribution in [3.05, 3.63) is 94.4 Å². The van der Waals surface area contributed by atoms with Crippen LogP contribution in [0, 0.1) is 6.92 Å². The fourth-order valence-electron chi connectivity index (χ4n) is 4.45. The first kappa shape index (κ1) is 22.2. The molecular weight excluding hydrogens is 429 g/mol. The summed E-state index contributed by atoms with van der Waals surface area (Å²) < 4.78 is 10.0. The average Bonchev–Trinajstić information content (AvgIpc) is 2.78. The van der Waals surface area contributed by atoms with E-state index in [0.717, 1.165) is 23.8 Å². The second-order valence-electron chi connectivity index (χ2n) is 7.83. The van der Waals surface area contributed by atoms with Gasteiger partial charge in [0.1, 0.15) is 0 Å². The summed E-state index contributed by atoms with van der Waals surface area (Å²) in [4.78, 5) is 0. The molecule has 1 unspecified atom stereocenters. The van der Waals surface area contributed by atoms with E-state index < -0.39 is 13.3 Å². The fraction of sp³-hybridized carbons (Fsp3) is 0.259. The van der Waals surface area contributed by atoms with E-state index in [0.29, 0.717) is 5.75 Å². The molecule has 0 heterocycles. The number of aromatic hydroxyl groups is 1. The van der Waals surface area contributed by atoms with Crippen LogP contribution in [-0.2, 0) is 6.42 Å². The first-order valence-electron chi connectivity index (χ1n) is 10.7. The number of benzene rings is 3. The van der Waals surface area contributed by atoms with E-state index in [4.69, 9.17) is 4.74 Å². The maximum absolute atomic E-state index is 9.67. The van der Waals surface area contributed by atoms with Gasteiger partial charge in [-0.05, 0) is 0 Å². The van der Waals surface area contributed by atoms with Crippen LogP contribution in [0.4, 0.5) is 0 Å². The Labute approximate surface area is 183 Å². The summed E-state index contributed by atoms with van der Waals surface area (Å²) in [5.74, 6) is 1.22. The minimum absolute atomic E-state index is 0.322. The minimum atomic E-state index is -2.88. The van der Waals surface area contributed by atoms with E-state index >= 15 is 0 Å². The topological polar surface area (TPSA) is 29.5 Å². The molecule has 0 spiro atoms. The molecule has 0 aliphatic rings. The van der Waals surface area contributed by atoms with Crippen LogP contribution in [-0.4, -0.2) is 25.5 Å². The molecule has 3 aromatic rings. The van der Waals surface area contributed by atoms with Crippen molar-refractivity contribution in [2.45, 2.75) is 38.9 Å². The normalized spacial score (nSPS) is 13.7. The van der Waals surface area contributed by atoms with Crippen molar-refractivity contribution in [3.8, 4) is 11.5 Å². The van der Waals surface area contributed by atoms with Crippen molar-refractivity contribution < 1.29 is 9.84 Å². The Morgan fingerprint density at radius 3 is 1.97 bits per heavy atom. The van der Waals surface area contributed by atoms with E-state index in [1.54, 1.807) is 23.6 Å². The average molecular weight is 461 g/mol. The molecule has 1 N–H and O–H groups in total. The van der Waals surface area contributed by atoms with Crippen LogP contribution in [0.1, 0.15) is 31.4 Å². The second-order valence-corrected chi connectivity index (χ2v) is 16.5. The maximum atomic E-state index is 9.67. The van der Waals surface area contributed by atoms with Gasteiger partial charge >= 0.3 is 184 Å². The summed E-state index contributed by atoms with van der Waals surface area (Å²) in [6, 6.07) is 25.7. The number of rotatable bonds is 8. The number of ether oxygens (including phenoxy) is 1. The third-order valence-corrected chi connectivity index (χ3v) is 17.4. The summed E-state index contributed by atoms with van der Waals surface area (Å²) in [6.07, 6.45) is 4.42. The summed E-state index contributed by atoms with van der Waals surface area (Å²) in [7, 11) is 1.72. The SMILES string of the molecule is C/C=[C](\CC)[Ge]([CH2]Cc1ccc(O)cc1)([c]1ccc(C)cc1)[c]1ccc(OC)cc1. The first-order chi connectivity index (χ1) is 14.5. The summed E-state index contributed by atoms with van der Waals surface area (Å²) in [6.45, 7) is 6.63. The zero-order chi connectivity index (χ0) is 21.6. The Hall–Kier alpha value is -2.46. The first-order valence-corrected chi connectivity index (χ1v) is 15.3. The van der Waals surface area contributed by atoms with Crippen molar-refractivity contribution >= 4 is 22.1 Å². The van der Waals surface area contributed by atoms with Gasteiger partial charge in [0.2, 0.25) is 0 Å². The number of methoxy groups -OCH3 is 1. The summed E-state index contributed by atoms with van der Waals surface area (Å²) in [5, 5.41) is 10.8. The quantitative estimate of drug-likeness (QED) is 0.455. The molecule has 0 aliphatic heterocycles. The Balaban J connectivity index is 2.16. The molecule has 0 bridgehead atoms. The van der Waals surface area contributed by atoms with Gasteiger partial charge in [0.15, 0.2) is 0 Å². The second kappa shape index (κ2) is 10.0. The number of allylic oxidation sites excluding steroid dienone is 2. The van der Waals surface area contributed by atoms with E-state index in [2.05, 4.69) is 75.4 Å². The van der Waals surface area contributed by atoms with Gasteiger partial charge in [-0.1, -0.05) is 0 Å². The van der Waals surface area contributed by atoms with Gasteiger partial charge < -0.3 is 0 Å². The van der Waals surface area contributed by atoms with Crippen molar-refractivity contribution in [2.75, 3.05) is 7.11 Å². The van der Waals surface area contributed by atoms with Gasteiger partial charge in [0.25, 0.3) is 0 Å². The molecule has 0 aromatic heterocycles. The van der Waals surface area contributed by atoms with Crippen molar-refractivity contribution in [2.24, 2.45) is 0 Å². The zero-order valence-corrected chi connectivity index (χ0v) is 20.6. The predicted molar refractivity (Wildman–Crippen MR) is 130 cm³/mol. The Kier molecular flexibility index (Phi) is 7.44. The number of phenols is 1. The molecule has 0 fully saturated rings. The van der Waals surface area contributed by atoms with E-state index in [1.165, 1.54) is 19.9 Å². The summed E-state index contributed by atoms with van der Waals surface area (Å²) in [5.41, 5.74) is 2.57. The molecule has 0 saturated carbocycles. The molecule has 0 amide bonds. The van der Waals surface area contributed by atoms with Crippen molar-refractivity contribution in [1.82, 2.24) is 0 Å². The van der Waals surface area contributed by atoms with Crippen LogP contribution in [0.2, 0.25) is 5.25 Å². The Morgan fingerprint density at radius 1 is 0.900 bits per heavy atom. The van der Waals surface area contributed by atoms with Crippen LogP contribution >= 0.6 is 0 Å². The Bertz CT molecular complexity index is 973. The molecule has 0 aliphatic carbocycles. The number of aryl methyl sites for hydroxylation is 2. The van der Waals surface area contributed by atoms with E-state index in [1.807, 2.05) is 12.1 Å². The van der Waals surface area contributed by atoms with E-state index in [9.17, 15) is 5.11 Å². The van der Waals surface area contributed by atoms with Gasteiger partial charge in [-0.15, -0.1) is 0 Å². The van der Waals surface area contributed by atoms with Crippen LogP contribution < -0.4 is 13.5 Å². The molecule has 0 saturated heterocycles. The molecule has 2 nitrogen and oxygen atoms in total. The molecule has 3 rings (SSSR count). The van der Waals surface area contributed by atoms with Crippen molar-refractivity contribution in [1.29, 1.82) is 0 Å². The van der Waals surface area contributed by atoms with Crippen LogP contribution in [0.3, 0.4) is 0 Å². The number of hydrogen-bond donors (Lipinski definition) is 1.